The molecule has 2 N–H and O–H groups in total. The molecular formula is C19H22FN3O2S. The molecule has 0 atom stereocenters. The van der Waals surface area contributed by atoms with Crippen LogP contribution in [0, 0.1) is 5.82 Å². The van der Waals surface area contributed by atoms with Gasteiger partial charge in [-0.25, -0.2) is 4.39 Å². The van der Waals surface area contributed by atoms with E-state index in [1.165, 1.54) is 12.1 Å². The number of hydrogen-bond acceptors (Lipinski definition) is 4. The predicted molar refractivity (Wildman–Crippen MR) is 105 cm³/mol. The second kappa shape index (κ2) is 9.84. The van der Waals surface area contributed by atoms with E-state index in [0.29, 0.717) is 18.3 Å². The van der Waals surface area contributed by atoms with Crippen molar-refractivity contribution in [1.82, 2.24) is 10.7 Å². The first kappa shape index (κ1) is 19.8. The fraction of sp³-hybridized carbons (Fsp3) is 0.263. The Labute approximate surface area is 158 Å². The number of thiocarbonyl (C=S) groups is 1. The molecule has 0 fully saturated rings. The van der Waals surface area contributed by atoms with Crippen molar-refractivity contribution in [3.8, 4) is 5.75 Å². The number of hydrazone groups is 1. The van der Waals surface area contributed by atoms with Crippen molar-refractivity contribution < 1.29 is 13.9 Å². The maximum absolute atomic E-state index is 12.9. The van der Waals surface area contributed by atoms with Crippen LogP contribution in [0.15, 0.2) is 47.6 Å². The maximum Gasteiger partial charge on any atom is 0.187 e. The van der Waals surface area contributed by atoms with Gasteiger partial charge in [-0.3, -0.25) is 5.43 Å². The Balaban J connectivity index is 1.95. The molecule has 0 radical (unpaired) electrons. The minimum absolute atomic E-state index is 0.262. The number of nitrogens with zero attached hydrogens (tertiary/aromatic N) is 1. The number of benzene rings is 2. The molecule has 2 rings (SSSR count). The first-order valence-electron chi connectivity index (χ1n) is 8.02. The summed E-state index contributed by atoms with van der Waals surface area (Å²) in [5.74, 6) is 0.509. The van der Waals surface area contributed by atoms with Gasteiger partial charge in [0.25, 0.3) is 0 Å². The molecule has 2 aromatic carbocycles. The molecule has 0 heterocycles. The van der Waals surface area contributed by atoms with Crippen LogP contribution in [-0.2, 0) is 17.9 Å². The van der Waals surface area contributed by atoms with Gasteiger partial charge < -0.3 is 14.8 Å². The zero-order chi connectivity index (χ0) is 18.9. The fourth-order valence-corrected chi connectivity index (χ4v) is 2.41. The highest BCUT2D eigenvalue weighted by Crippen LogP contribution is 2.21. The Morgan fingerprint density at radius 1 is 1.15 bits per heavy atom. The molecule has 26 heavy (non-hydrogen) atoms. The lowest BCUT2D eigenvalue weighted by Crippen LogP contribution is -2.32. The summed E-state index contributed by atoms with van der Waals surface area (Å²) in [5, 5.41) is 7.71. The monoisotopic (exact) mass is 375 g/mol. The van der Waals surface area contributed by atoms with Gasteiger partial charge in [0.05, 0.1) is 19.4 Å². The van der Waals surface area contributed by atoms with Gasteiger partial charge in [-0.1, -0.05) is 12.1 Å². The van der Waals surface area contributed by atoms with Crippen LogP contribution in [0.25, 0.3) is 0 Å². The molecule has 0 aliphatic carbocycles. The summed E-state index contributed by atoms with van der Waals surface area (Å²) in [6.45, 7) is 2.82. The highest BCUT2D eigenvalue weighted by molar-refractivity contribution is 7.80. The van der Waals surface area contributed by atoms with Crippen LogP contribution < -0.4 is 15.5 Å². The molecule has 0 bridgehead atoms. The number of hydrogen-bond donors (Lipinski definition) is 2. The molecule has 0 aromatic heterocycles. The summed E-state index contributed by atoms with van der Waals surface area (Å²) in [4.78, 5) is 0. The third-order valence-electron chi connectivity index (χ3n) is 3.69. The van der Waals surface area contributed by atoms with Crippen LogP contribution in [0.5, 0.6) is 5.75 Å². The standard InChI is InChI=1S/C19H22FN3O2S/c1-13(15-6-9-18(25-3)16(10-15)12-24-2)22-23-19(26)21-11-14-4-7-17(20)8-5-14/h4-10H,11-12H2,1-3H3,(H2,21,23,26)/b22-13-. The number of methoxy groups -OCH3 is 2. The Hall–Kier alpha value is -2.51. The lowest BCUT2D eigenvalue weighted by Gasteiger charge is -2.11. The van der Waals surface area contributed by atoms with Crippen molar-refractivity contribution in [2.45, 2.75) is 20.1 Å². The minimum atomic E-state index is -0.262. The smallest absolute Gasteiger partial charge is 0.187 e. The van der Waals surface area contributed by atoms with Crippen LogP contribution in [0.1, 0.15) is 23.6 Å². The average Bonchev–Trinajstić information content (AvgIpc) is 2.65. The summed E-state index contributed by atoms with van der Waals surface area (Å²) in [5.41, 5.74) is 6.40. The number of nitrogens with one attached hydrogen (secondary N) is 2. The normalized spacial score (nSPS) is 11.2. The summed E-state index contributed by atoms with van der Waals surface area (Å²) in [6, 6.07) is 12.0. The molecule has 5 nitrogen and oxygen atoms in total. The molecule has 7 heteroatoms. The third-order valence-corrected chi connectivity index (χ3v) is 3.93. The van der Waals surface area contributed by atoms with Gasteiger partial charge in [-0.05, 0) is 60.6 Å². The molecular weight excluding hydrogens is 353 g/mol. The van der Waals surface area contributed by atoms with Crippen molar-refractivity contribution in [2.24, 2.45) is 5.10 Å². The Bertz CT molecular complexity index is 779. The minimum Gasteiger partial charge on any atom is -0.496 e. The Morgan fingerprint density at radius 3 is 2.54 bits per heavy atom. The lowest BCUT2D eigenvalue weighted by molar-refractivity contribution is 0.181. The van der Waals surface area contributed by atoms with Gasteiger partial charge >= 0.3 is 0 Å². The molecule has 0 spiro atoms. The first-order valence-corrected chi connectivity index (χ1v) is 8.43. The summed E-state index contributed by atoms with van der Waals surface area (Å²) >= 11 is 5.21. The zero-order valence-electron chi connectivity index (χ0n) is 15.0. The van der Waals surface area contributed by atoms with Gasteiger partial charge in [0, 0.05) is 19.2 Å². The van der Waals surface area contributed by atoms with Crippen LogP contribution in [0.2, 0.25) is 0 Å². The zero-order valence-corrected chi connectivity index (χ0v) is 15.8. The molecule has 0 unspecified atom stereocenters. The van der Waals surface area contributed by atoms with E-state index >= 15 is 0 Å². The summed E-state index contributed by atoms with van der Waals surface area (Å²) in [7, 11) is 3.27. The van der Waals surface area contributed by atoms with Crippen molar-refractivity contribution in [3.63, 3.8) is 0 Å². The SMILES string of the molecule is COCc1cc(/C(C)=N\NC(=S)NCc2ccc(F)cc2)ccc1OC. The molecule has 2 aromatic rings. The van der Waals surface area contributed by atoms with Crippen molar-refractivity contribution >= 4 is 23.0 Å². The Morgan fingerprint density at radius 2 is 1.88 bits per heavy atom. The second-order valence-corrected chi connectivity index (χ2v) is 5.99. The van der Waals surface area contributed by atoms with Crippen molar-refractivity contribution in [1.29, 1.82) is 0 Å². The molecule has 0 amide bonds. The molecule has 138 valence electrons. The summed E-state index contributed by atoms with van der Waals surface area (Å²) < 4.78 is 23.4. The molecule has 0 aliphatic rings. The topological polar surface area (TPSA) is 54.9 Å². The third kappa shape index (κ3) is 5.79. The summed E-state index contributed by atoms with van der Waals surface area (Å²) in [6.07, 6.45) is 0. The van der Waals surface area contributed by atoms with Crippen LogP contribution in [0.3, 0.4) is 0 Å². The maximum atomic E-state index is 12.9. The van der Waals surface area contributed by atoms with E-state index in [1.54, 1.807) is 26.4 Å². The van der Waals surface area contributed by atoms with Gasteiger partial charge in [0.15, 0.2) is 5.11 Å². The van der Waals surface area contributed by atoms with Crippen LogP contribution >= 0.6 is 12.2 Å². The molecule has 0 aliphatic heterocycles. The number of ether oxygens (including phenoxy) is 2. The van der Waals surface area contributed by atoms with Crippen molar-refractivity contribution in [3.05, 3.63) is 65.0 Å². The lowest BCUT2D eigenvalue weighted by atomic mass is 10.1. The average molecular weight is 375 g/mol. The van der Waals surface area contributed by atoms with E-state index in [0.717, 1.165) is 28.2 Å². The van der Waals surface area contributed by atoms with Crippen LogP contribution in [-0.4, -0.2) is 25.0 Å². The largest absolute Gasteiger partial charge is 0.496 e. The van der Waals surface area contributed by atoms with Gasteiger partial charge in [-0.15, -0.1) is 0 Å². The van der Waals surface area contributed by atoms with E-state index < -0.39 is 0 Å². The second-order valence-electron chi connectivity index (χ2n) is 5.58. The fourth-order valence-electron chi connectivity index (χ4n) is 2.30. The highest BCUT2D eigenvalue weighted by Gasteiger charge is 2.06. The molecule has 0 saturated carbocycles. The first-order chi connectivity index (χ1) is 12.5. The Kier molecular flexibility index (Phi) is 7.50. The van der Waals surface area contributed by atoms with Gasteiger partial charge in [0.2, 0.25) is 0 Å². The van der Waals surface area contributed by atoms with E-state index in [9.17, 15) is 4.39 Å². The predicted octanol–water partition coefficient (Wildman–Crippen LogP) is 3.37. The van der Waals surface area contributed by atoms with Crippen molar-refractivity contribution in [2.75, 3.05) is 14.2 Å². The van der Waals surface area contributed by atoms with E-state index in [-0.39, 0.29) is 5.82 Å². The van der Waals surface area contributed by atoms with Gasteiger partial charge in [0.1, 0.15) is 11.6 Å². The quantitative estimate of drug-likeness (QED) is 0.441. The van der Waals surface area contributed by atoms with Crippen LogP contribution in [0.4, 0.5) is 4.39 Å². The number of halogens is 1. The van der Waals surface area contributed by atoms with Gasteiger partial charge in [-0.2, -0.15) is 5.10 Å². The van der Waals surface area contributed by atoms with E-state index in [4.69, 9.17) is 21.7 Å². The van der Waals surface area contributed by atoms with E-state index in [1.807, 2.05) is 25.1 Å². The highest BCUT2D eigenvalue weighted by atomic mass is 32.1. The van der Waals surface area contributed by atoms with E-state index in [2.05, 4.69) is 15.8 Å². The number of rotatable bonds is 7. The molecule has 0 saturated heterocycles.